The van der Waals surface area contributed by atoms with Crippen LogP contribution in [-0.4, -0.2) is 29.2 Å². The molecular weight excluding hydrogens is 277 g/mol. The third-order valence-corrected chi connectivity index (χ3v) is 3.30. The lowest BCUT2D eigenvalue weighted by Gasteiger charge is -2.31. The maximum Gasteiger partial charge on any atom is 0.416 e. The molecule has 0 saturated carbocycles. The smallest absolute Gasteiger partial charge is 0.393 e. The predicted octanol–water partition coefficient (Wildman–Crippen LogP) is 2.57. The molecule has 0 radical (unpaired) electrons. The fraction of sp³-hybridized carbons (Fsp3) is 0.500. The average Bonchev–Trinajstić information content (AvgIpc) is 2.37. The third kappa shape index (κ3) is 3.01. The van der Waals surface area contributed by atoms with E-state index in [4.69, 9.17) is 0 Å². The van der Waals surface area contributed by atoms with E-state index in [0.717, 1.165) is 12.1 Å². The number of piperidine rings is 1. The van der Waals surface area contributed by atoms with Gasteiger partial charge in [0.15, 0.2) is 0 Å². The van der Waals surface area contributed by atoms with Gasteiger partial charge in [-0.3, -0.25) is 10.1 Å². The topological polar surface area (TPSA) is 66.6 Å². The van der Waals surface area contributed by atoms with Crippen molar-refractivity contribution in [2.75, 3.05) is 18.0 Å². The summed E-state index contributed by atoms with van der Waals surface area (Å²) in [4.78, 5) is 11.8. The van der Waals surface area contributed by atoms with Crippen molar-refractivity contribution in [1.82, 2.24) is 0 Å². The highest BCUT2D eigenvalue weighted by Crippen LogP contribution is 2.37. The number of aliphatic hydroxyl groups is 1. The molecule has 20 heavy (non-hydrogen) atoms. The van der Waals surface area contributed by atoms with Gasteiger partial charge in [-0.2, -0.15) is 13.2 Å². The van der Waals surface area contributed by atoms with Gasteiger partial charge in [0.25, 0.3) is 5.69 Å². The molecule has 0 spiro atoms. The Morgan fingerprint density at radius 1 is 1.30 bits per heavy atom. The number of aliphatic hydroxyl groups excluding tert-OH is 1. The van der Waals surface area contributed by atoms with Gasteiger partial charge in [-0.15, -0.1) is 0 Å². The molecule has 0 amide bonds. The zero-order chi connectivity index (χ0) is 14.9. The van der Waals surface area contributed by atoms with E-state index >= 15 is 0 Å². The SMILES string of the molecule is O=[N+]([O-])c1ccc(C(F)(F)F)cc1N1CCC(O)CC1. The summed E-state index contributed by atoms with van der Waals surface area (Å²) < 4.78 is 38.1. The van der Waals surface area contributed by atoms with Crippen molar-refractivity contribution in [3.63, 3.8) is 0 Å². The third-order valence-electron chi connectivity index (χ3n) is 3.30. The number of nitro groups is 1. The molecule has 1 aliphatic heterocycles. The Labute approximate surface area is 112 Å². The first-order chi connectivity index (χ1) is 9.29. The molecule has 1 N–H and O–H groups in total. The van der Waals surface area contributed by atoms with Gasteiger partial charge in [-0.25, -0.2) is 0 Å². The lowest BCUT2D eigenvalue weighted by Crippen LogP contribution is -2.36. The molecule has 1 aliphatic rings. The minimum absolute atomic E-state index is 0.0447. The molecule has 0 unspecified atom stereocenters. The molecule has 5 nitrogen and oxygen atoms in total. The number of anilines is 1. The second-order valence-corrected chi connectivity index (χ2v) is 4.68. The average molecular weight is 290 g/mol. The van der Waals surface area contributed by atoms with Crippen molar-refractivity contribution in [3.05, 3.63) is 33.9 Å². The van der Waals surface area contributed by atoms with Gasteiger partial charge in [0.2, 0.25) is 0 Å². The molecule has 110 valence electrons. The van der Waals surface area contributed by atoms with E-state index in [0.29, 0.717) is 32.0 Å². The Hall–Kier alpha value is -1.83. The van der Waals surface area contributed by atoms with Crippen LogP contribution >= 0.6 is 0 Å². The van der Waals surface area contributed by atoms with Crippen molar-refractivity contribution in [2.45, 2.75) is 25.1 Å². The summed E-state index contributed by atoms with van der Waals surface area (Å²) >= 11 is 0. The zero-order valence-corrected chi connectivity index (χ0v) is 10.4. The predicted molar refractivity (Wildman–Crippen MR) is 65.6 cm³/mol. The van der Waals surface area contributed by atoms with Gasteiger partial charge in [0.05, 0.1) is 16.6 Å². The fourth-order valence-electron chi connectivity index (χ4n) is 2.21. The van der Waals surface area contributed by atoms with Gasteiger partial charge in [0.1, 0.15) is 5.69 Å². The first-order valence-corrected chi connectivity index (χ1v) is 6.07. The molecule has 1 heterocycles. The number of alkyl halides is 3. The largest absolute Gasteiger partial charge is 0.416 e. The minimum atomic E-state index is -4.54. The van der Waals surface area contributed by atoms with E-state index in [2.05, 4.69) is 0 Å². The Bertz CT molecular complexity index is 511. The van der Waals surface area contributed by atoms with Gasteiger partial charge < -0.3 is 10.0 Å². The van der Waals surface area contributed by atoms with Crippen LogP contribution in [0.1, 0.15) is 18.4 Å². The number of halogens is 3. The van der Waals surface area contributed by atoms with E-state index in [1.165, 1.54) is 4.90 Å². The van der Waals surface area contributed by atoms with Gasteiger partial charge in [0, 0.05) is 19.2 Å². The Balaban J connectivity index is 2.39. The highest BCUT2D eigenvalue weighted by molar-refractivity contribution is 5.65. The molecule has 2 rings (SSSR count). The minimum Gasteiger partial charge on any atom is -0.393 e. The number of benzene rings is 1. The summed E-state index contributed by atoms with van der Waals surface area (Å²) in [6, 6.07) is 2.39. The summed E-state index contributed by atoms with van der Waals surface area (Å²) in [5.41, 5.74) is -1.31. The van der Waals surface area contributed by atoms with E-state index < -0.39 is 22.8 Å². The number of nitrogens with zero attached hydrogens (tertiary/aromatic N) is 2. The van der Waals surface area contributed by atoms with Crippen LogP contribution in [0.4, 0.5) is 24.5 Å². The Kier molecular flexibility index (Phi) is 3.85. The van der Waals surface area contributed by atoms with Crippen LogP contribution < -0.4 is 4.90 Å². The lowest BCUT2D eigenvalue weighted by atomic mass is 10.1. The standard InChI is InChI=1S/C12H13F3N2O3/c13-12(14,15)8-1-2-10(17(19)20)11(7-8)16-5-3-9(18)4-6-16/h1-2,7,9,18H,3-6H2. The van der Waals surface area contributed by atoms with Crippen molar-refractivity contribution >= 4 is 11.4 Å². The summed E-state index contributed by atoms with van der Waals surface area (Å²) in [5.74, 6) is 0. The van der Waals surface area contributed by atoms with E-state index in [1.807, 2.05) is 0 Å². The summed E-state index contributed by atoms with van der Waals surface area (Å²) in [5, 5.41) is 20.3. The quantitative estimate of drug-likeness (QED) is 0.671. The number of nitro benzene ring substituents is 1. The maximum atomic E-state index is 12.7. The fourth-order valence-corrected chi connectivity index (χ4v) is 2.21. The second-order valence-electron chi connectivity index (χ2n) is 4.68. The highest BCUT2D eigenvalue weighted by atomic mass is 19.4. The Morgan fingerprint density at radius 2 is 1.90 bits per heavy atom. The summed E-state index contributed by atoms with van der Waals surface area (Å²) in [7, 11) is 0. The monoisotopic (exact) mass is 290 g/mol. The molecule has 1 saturated heterocycles. The molecule has 8 heteroatoms. The summed E-state index contributed by atoms with van der Waals surface area (Å²) in [6.45, 7) is 0.590. The number of rotatable bonds is 2. The molecule has 1 fully saturated rings. The summed E-state index contributed by atoms with van der Waals surface area (Å²) in [6.07, 6.45) is -4.28. The van der Waals surface area contributed by atoms with Crippen molar-refractivity contribution in [1.29, 1.82) is 0 Å². The van der Waals surface area contributed by atoms with Crippen molar-refractivity contribution < 1.29 is 23.2 Å². The first kappa shape index (κ1) is 14.6. The van der Waals surface area contributed by atoms with Gasteiger partial charge in [-0.05, 0) is 25.0 Å². The zero-order valence-electron chi connectivity index (χ0n) is 10.4. The van der Waals surface area contributed by atoms with Crippen LogP contribution in [0.3, 0.4) is 0 Å². The molecule has 1 aromatic carbocycles. The Morgan fingerprint density at radius 3 is 2.40 bits per heavy atom. The van der Waals surface area contributed by atoms with Crippen LogP contribution in [0.5, 0.6) is 0 Å². The lowest BCUT2D eigenvalue weighted by molar-refractivity contribution is -0.384. The number of hydrogen-bond donors (Lipinski definition) is 1. The molecule has 1 aromatic rings. The van der Waals surface area contributed by atoms with E-state index in [9.17, 15) is 28.4 Å². The molecule has 0 atom stereocenters. The van der Waals surface area contributed by atoms with Gasteiger partial charge in [-0.1, -0.05) is 0 Å². The van der Waals surface area contributed by atoms with Crippen LogP contribution in [0.25, 0.3) is 0 Å². The van der Waals surface area contributed by atoms with Gasteiger partial charge >= 0.3 is 6.18 Å². The van der Waals surface area contributed by atoms with Crippen LogP contribution in [0.2, 0.25) is 0 Å². The number of hydrogen-bond acceptors (Lipinski definition) is 4. The second kappa shape index (κ2) is 5.28. The van der Waals surface area contributed by atoms with Crippen LogP contribution in [0.15, 0.2) is 18.2 Å². The van der Waals surface area contributed by atoms with Crippen LogP contribution in [0, 0.1) is 10.1 Å². The van der Waals surface area contributed by atoms with Crippen molar-refractivity contribution in [3.8, 4) is 0 Å². The first-order valence-electron chi connectivity index (χ1n) is 6.07. The van der Waals surface area contributed by atoms with E-state index in [1.54, 1.807) is 0 Å². The van der Waals surface area contributed by atoms with Crippen molar-refractivity contribution in [2.24, 2.45) is 0 Å². The maximum absolute atomic E-state index is 12.7. The highest BCUT2D eigenvalue weighted by Gasteiger charge is 2.33. The van der Waals surface area contributed by atoms with Crippen LogP contribution in [-0.2, 0) is 6.18 Å². The molecular formula is C12H13F3N2O3. The normalized spacial score (nSPS) is 17.3. The molecule has 0 aromatic heterocycles. The molecule has 0 aliphatic carbocycles. The van der Waals surface area contributed by atoms with E-state index in [-0.39, 0.29) is 11.4 Å². The molecule has 0 bridgehead atoms.